The van der Waals surface area contributed by atoms with Crippen LogP contribution in [0.25, 0.3) is 0 Å². The summed E-state index contributed by atoms with van der Waals surface area (Å²) in [6.45, 7) is 4.40. The van der Waals surface area contributed by atoms with Crippen molar-refractivity contribution in [1.82, 2.24) is 10.2 Å². The molecule has 0 aliphatic carbocycles. The number of aromatic nitrogens is 2. The van der Waals surface area contributed by atoms with Crippen molar-refractivity contribution in [1.29, 1.82) is 0 Å². The molecule has 4 rings (SSSR count). The van der Waals surface area contributed by atoms with Crippen molar-refractivity contribution < 1.29 is 14.0 Å². The molecule has 1 unspecified atom stereocenters. The van der Waals surface area contributed by atoms with E-state index < -0.39 is 0 Å². The molecule has 2 aromatic carbocycles. The van der Waals surface area contributed by atoms with Gasteiger partial charge < -0.3 is 4.90 Å². The molecule has 0 bridgehead atoms. The molecule has 0 spiro atoms. The minimum atomic E-state index is -0.342. The molecule has 148 valence electrons. The summed E-state index contributed by atoms with van der Waals surface area (Å²) in [6.07, 6.45) is 0.303. The number of halogens is 1. The molecular formula is C21H19FN4O2S. The first kappa shape index (κ1) is 19.2. The molecule has 6 nitrogen and oxygen atoms in total. The van der Waals surface area contributed by atoms with Gasteiger partial charge in [0.15, 0.2) is 0 Å². The fourth-order valence-corrected chi connectivity index (χ4v) is 4.08. The zero-order valence-corrected chi connectivity index (χ0v) is 16.8. The molecule has 1 aromatic heterocycles. The number of aryl methyl sites for hydroxylation is 2. The van der Waals surface area contributed by atoms with Crippen molar-refractivity contribution in [2.45, 2.75) is 26.2 Å². The van der Waals surface area contributed by atoms with Crippen LogP contribution in [0.4, 0.5) is 15.2 Å². The Morgan fingerprint density at radius 3 is 2.62 bits per heavy atom. The van der Waals surface area contributed by atoms with Crippen LogP contribution in [0.2, 0.25) is 0 Å². The van der Waals surface area contributed by atoms with Gasteiger partial charge in [-0.3, -0.25) is 14.9 Å². The maximum atomic E-state index is 13.1. The third kappa shape index (κ3) is 4.02. The van der Waals surface area contributed by atoms with Crippen LogP contribution in [0.1, 0.15) is 38.8 Å². The molecule has 1 fully saturated rings. The van der Waals surface area contributed by atoms with E-state index in [1.165, 1.54) is 23.5 Å². The summed E-state index contributed by atoms with van der Waals surface area (Å²) in [5.74, 6) is -0.744. The van der Waals surface area contributed by atoms with Crippen LogP contribution in [0, 0.1) is 19.7 Å². The lowest BCUT2D eigenvalue weighted by atomic mass is 10.1. The Hall–Kier alpha value is -3.13. The van der Waals surface area contributed by atoms with Gasteiger partial charge in [-0.2, -0.15) is 0 Å². The van der Waals surface area contributed by atoms with Gasteiger partial charge in [-0.05, 0) is 61.4 Å². The smallest absolute Gasteiger partial charge is 0.257 e. The van der Waals surface area contributed by atoms with Gasteiger partial charge in [-0.25, -0.2) is 4.39 Å². The number of hydrogen-bond donors (Lipinski definition) is 1. The summed E-state index contributed by atoms with van der Waals surface area (Å²) in [4.78, 5) is 26.5. The lowest BCUT2D eigenvalue weighted by Crippen LogP contribution is -2.24. The van der Waals surface area contributed by atoms with E-state index in [9.17, 15) is 14.0 Å². The van der Waals surface area contributed by atoms with E-state index in [4.69, 9.17) is 0 Å². The molecule has 2 heterocycles. The second-order valence-corrected chi connectivity index (χ2v) is 8.09. The molecule has 29 heavy (non-hydrogen) atoms. The first-order chi connectivity index (χ1) is 13.9. The fraction of sp³-hybridized carbons (Fsp3) is 0.238. The van der Waals surface area contributed by atoms with Gasteiger partial charge in [0.05, 0.1) is 0 Å². The Morgan fingerprint density at radius 2 is 1.90 bits per heavy atom. The Bertz CT molecular complexity index is 1080. The van der Waals surface area contributed by atoms with Crippen LogP contribution >= 0.6 is 11.3 Å². The van der Waals surface area contributed by atoms with E-state index in [0.29, 0.717) is 34.4 Å². The first-order valence-electron chi connectivity index (χ1n) is 9.18. The average molecular weight is 410 g/mol. The van der Waals surface area contributed by atoms with E-state index in [1.54, 1.807) is 23.1 Å². The molecule has 2 amide bonds. The highest BCUT2D eigenvalue weighted by molar-refractivity contribution is 7.15. The highest BCUT2D eigenvalue weighted by Crippen LogP contribution is 2.34. The van der Waals surface area contributed by atoms with Crippen molar-refractivity contribution in [2.75, 3.05) is 16.8 Å². The number of hydrogen-bond acceptors (Lipinski definition) is 5. The van der Waals surface area contributed by atoms with Crippen molar-refractivity contribution >= 4 is 34.0 Å². The third-order valence-electron chi connectivity index (χ3n) is 5.04. The highest BCUT2D eigenvalue weighted by Gasteiger charge is 2.34. The van der Waals surface area contributed by atoms with Crippen molar-refractivity contribution in [3.8, 4) is 0 Å². The Morgan fingerprint density at radius 1 is 1.14 bits per heavy atom. The first-order valence-corrected chi connectivity index (χ1v) is 10.0. The fourth-order valence-electron chi connectivity index (χ4n) is 3.25. The van der Waals surface area contributed by atoms with Crippen LogP contribution in [-0.4, -0.2) is 28.6 Å². The van der Waals surface area contributed by atoms with Crippen molar-refractivity contribution in [3.63, 3.8) is 0 Å². The summed E-state index contributed by atoms with van der Waals surface area (Å²) in [6, 6.07) is 11.4. The van der Waals surface area contributed by atoms with Crippen LogP contribution < -0.4 is 10.2 Å². The Balaban J connectivity index is 1.45. The van der Waals surface area contributed by atoms with Gasteiger partial charge in [-0.1, -0.05) is 17.4 Å². The summed E-state index contributed by atoms with van der Waals surface area (Å²) in [5, 5.41) is 12.1. The molecule has 3 aromatic rings. The zero-order valence-electron chi connectivity index (χ0n) is 16.0. The minimum Gasteiger partial charge on any atom is -0.312 e. The van der Waals surface area contributed by atoms with Crippen molar-refractivity contribution in [3.05, 3.63) is 70.0 Å². The third-order valence-corrected chi connectivity index (χ3v) is 6.04. The van der Waals surface area contributed by atoms with Crippen molar-refractivity contribution in [2.24, 2.45) is 0 Å². The largest absolute Gasteiger partial charge is 0.312 e. The van der Waals surface area contributed by atoms with Gasteiger partial charge in [0.1, 0.15) is 10.8 Å². The van der Waals surface area contributed by atoms with E-state index >= 15 is 0 Å². The molecule has 1 atom stereocenters. The molecule has 0 radical (unpaired) electrons. The number of rotatable bonds is 4. The summed E-state index contributed by atoms with van der Waals surface area (Å²) < 4.78 is 13.1. The normalized spacial score (nSPS) is 16.3. The Labute approximate surface area is 171 Å². The van der Waals surface area contributed by atoms with Crippen LogP contribution in [0.15, 0.2) is 42.5 Å². The van der Waals surface area contributed by atoms with Gasteiger partial charge in [0.25, 0.3) is 5.91 Å². The summed E-state index contributed by atoms with van der Waals surface area (Å²) in [5.41, 5.74) is 3.38. The maximum absolute atomic E-state index is 13.1. The predicted octanol–water partition coefficient (Wildman–Crippen LogP) is 4.07. The average Bonchev–Trinajstić information content (AvgIpc) is 3.31. The van der Waals surface area contributed by atoms with E-state index in [0.717, 1.165) is 11.1 Å². The highest BCUT2D eigenvalue weighted by atomic mass is 32.1. The Kier molecular flexibility index (Phi) is 5.10. The number of amides is 2. The molecule has 1 saturated heterocycles. The van der Waals surface area contributed by atoms with E-state index in [1.807, 2.05) is 26.0 Å². The number of nitrogens with zero attached hydrogens (tertiary/aromatic N) is 3. The minimum absolute atomic E-state index is 0.0440. The monoisotopic (exact) mass is 410 g/mol. The number of carbonyl (C=O) groups is 2. The molecular weight excluding hydrogens is 391 g/mol. The number of nitrogens with one attached hydrogen (secondary N) is 1. The second kappa shape index (κ2) is 7.71. The zero-order chi connectivity index (χ0) is 20.5. The molecule has 1 aliphatic rings. The lowest BCUT2D eigenvalue weighted by molar-refractivity contribution is -0.117. The van der Waals surface area contributed by atoms with Gasteiger partial charge in [0, 0.05) is 30.1 Å². The van der Waals surface area contributed by atoms with E-state index in [-0.39, 0.29) is 23.5 Å². The molecule has 1 N–H and O–H groups in total. The van der Waals surface area contributed by atoms with Gasteiger partial charge in [0.2, 0.25) is 11.0 Å². The van der Waals surface area contributed by atoms with Crippen LogP contribution in [0.5, 0.6) is 0 Å². The van der Waals surface area contributed by atoms with E-state index in [2.05, 4.69) is 15.5 Å². The SMILES string of the molecule is Cc1ccc(C(=O)Nc2nnc(C3CC(=O)N(c4ccc(F)cc4)C3)s2)cc1C. The quantitative estimate of drug-likeness (QED) is 0.704. The predicted molar refractivity (Wildman–Crippen MR) is 110 cm³/mol. The summed E-state index contributed by atoms with van der Waals surface area (Å²) in [7, 11) is 0. The lowest BCUT2D eigenvalue weighted by Gasteiger charge is -2.16. The second-order valence-electron chi connectivity index (χ2n) is 7.08. The number of carbonyl (C=O) groups excluding carboxylic acids is 2. The van der Waals surface area contributed by atoms with Gasteiger partial charge in [-0.15, -0.1) is 10.2 Å². The topological polar surface area (TPSA) is 75.2 Å². The maximum Gasteiger partial charge on any atom is 0.257 e. The number of anilines is 2. The molecule has 1 aliphatic heterocycles. The molecule has 8 heteroatoms. The summed E-state index contributed by atoms with van der Waals surface area (Å²) >= 11 is 1.27. The number of benzene rings is 2. The van der Waals surface area contributed by atoms with Crippen LogP contribution in [-0.2, 0) is 4.79 Å². The molecule has 0 saturated carbocycles. The van der Waals surface area contributed by atoms with Gasteiger partial charge >= 0.3 is 0 Å². The standard InChI is InChI=1S/C21H19FN4O2S/c1-12-3-4-14(9-13(12)2)19(28)23-21-25-24-20(29-21)15-10-18(27)26(11-15)17-7-5-16(22)6-8-17/h3-9,15H,10-11H2,1-2H3,(H,23,25,28). The van der Waals surface area contributed by atoms with Crippen LogP contribution in [0.3, 0.4) is 0 Å².